The highest BCUT2D eigenvalue weighted by atomic mass is 19.1. The number of benzene rings is 3. The molecule has 3 saturated heterocycles. The largest absolute Gasteiger partial charge is 0.457 e. The SMILES string of the molecule is Nc1ncnc2c1c(-c1ccc(Oc3ccccc3)cc1)nn2[C@H]1CC[C@@H](N2CCN(C3CN(c4cc5c(cc4F)C(=O)N(C4CCC(=O)NC4=O)C5=O)C3)CC2)CC1. The molecule has 2 aromatic heterocycles. The van der Waals surface area contributed by atoms with Crippen LogP contribution in [0.3, 0.4) is 0 Å². The van der Waals surface area contributed by atoms with E-state index in [0.29, 0.717) is 24.9 Å². The number of rotatable bonds is 8. The van der Waals surface area contributed by atoms with Crippen LogP contribution in [0.5, 0.6) is 11.5 Å². The van der Waals surface area contributed by atoms with Gasteiger partial charge in [0.05, 0.1) is 28.2 Å². The van der Waals surface area contributed by atoms with Crippen LogP contribution in [-0.2, 0) is 9.59 Å². The summed E-state index contributed by atoms with van der Waals surface area (Å²) in [7, 11) is 0. The molecule has 1 saturated carbocycles. The molecule has 59 heavy (non-hydrogen) atoms. The number of anilines is 2. The van der Waals surface area contributed by atoms with Gasteiger partial charge in [0.15, 0.2) is 5.65 Å². The average molecular weight is 799 g/mol. The maximum atomic E-state index is 15.4. The smallest absolute Gasteiger partial charge is 0.262 e. The average Bonchev–Trinajstić information content (AvgIpc) is 3.73. The van der Waals surface area contributed by atoms with Crippen LogP contribution in [0.15, 0.2) is 73.1 Å². The summed E-state index contributed by atoms with van der Waals surface area (Å²) >= 11 is 0. The lowest BCUT2D eigenvalue weighted by Crippen LogP contribution is -2.64. The van der Waals surface area contributed by atoms with Crippen LogP contribution in [0.1, 0.15) is 65.3 Å². The number of ether oxygens (including phenoxy) is 1. The highest BCUT2D eigenvalue weighted by molar-refractivity contribution is 6.23. The minimum atomic E-state index is -1.09. The van der Waals surface area contributed by atoms with Crippen molar-refractivity contribution in [1.29, 1.82) is 0 Å². The Labute approximate surface area is 338 Å². The van der Waals surface area contributed by atoms with Crippen molar-refractivity contribution in [2.45, 2.75) is 62.7 Å². The van der Waals surface area contributed by atoms with E-state index in [1.165, 1.54) is 12.4 Å². The molecular weight excluding hydrogens is 756 g/mol. The molecule has 1 unspecified atom stereocenters. The van der Waals surface area contributed by atoms with Gasteiger partial charge in [0.25, 0.3) is 11.8 Å². The normalized spacial score (nSPS) is 23.1. The molecule has 0 spiro atoms. The standard InChI is InChI=1S/C43H43FN10O5/c44-33-20-31-32(43(58)53(42(31)57)34-14-15-36(55)48-41(34)56)21-35(33)52-22-28(23-52)51-18-16-50(17-19-51)26-8-10-27(11-9-26)54-40-37(39(45)46-24-47-40)38(49-54)25-6-12-30(13-7-25)59-29-4-2-1-3-5-29/h1-7,12-13,20-21,24,26-28,34H,8-11,14-19,22-23H2,(H2,45,46,47)(H,48,55,56)/t26-,27+,34?. The number of amides is 4. The molecule has 10 rings (SSSR count). The van der Waals surface area contributed by atoms with E-state index in [9.17, 15) is 19.2 Å². The van der Waals surface area contributed by atoms with E-state index in [2.05, 4.69) is 29.8 Å². The second-order valence-electron chi connectivity index (χ2n) is 16.1. The van der Waals surface area contributed by atoms with Crippen molar-refractivity contribution in [3.05, 3.63) is 90.0 Å². The van der Waals surface area contributed by atoms with Crippen molar-refractivity contribution in [2.24, 2.45) is 0 Å². The molecule has 302 valence electrons. The number of carbonyl (C=O) groups excluding carboxylic acids is 4. The zero-order chi connectivity index (χ0) is 40.4. The predicted molar refractivity (Wildman–Crippen MR) is 215 cm³/mol. The van der Waals surface area contributed by atoms with Gasteiger partial charge >= 0.3 is 0 Å². The van der Waals surface area contributed by atoms with Gasteiger partial charge in [-0.1, -0.05) is 18.2 Å². The van der Waals surface area contributed by atoms with Gasteiger partial charge in [-0.25, -0.2) is 19.0 Å². The van der Waals surface area contributed by atoms with E-state index in [0.717, 1.165) is 96.6 Å². The van der Waals surface area contributed by atoms with Gasteiger partial charge in [0.2, 0.25) is 11.8 Å². The molecule has 1 atom stereocenters. The Morgan fingerprint density at radius 1 is 0.746 bits per heavy atom. The number of aromatic nitrogens is 4. The van der Waals surface area contributed by atoms with Gasteiger partial charge in [0.1, 0.15) is 41.2 Å². The van der Waals surface area contributed by atoms with Crippen molar-refractivity contribution in [3.8, 4) is 22.8 Å². The quantitative estimate of drug-likeness (QED) is 0.213. The zero-order valence-electron chi connectivity index (χ0n) is 32.3. The van der Waals surface area contributed by atoms with Crippen LogP contribution >= 0.6 is 0 Å². The first-order chi connectivity index (χ1) is 28.7. The van der Waals surface area contributed by atoms with Gasteiger partial charge in [-0.2, -0.15) is 5.10 Å². The van der Waals surface area contributed by atoms with Crippen LogP contribution in [0, 0.1) is 5.82 Å². The number of hydrogen-bond acceptors (Lipinski definition) is 12. The molecule has 16 heteroatoms. The summed E-state index contributed by atoms with van der Waals surface area (Å²) < 4.78 is 23.5. The molecule has 4 fully saturated rings. The summed E-state index contributed by atoms with van der Waals surface area (Å²) in [5.74, 6) is -1.16. The summed E-state index contributed by atoms with van der Waals surface area (Å²) in [6, 6.07) is 19.9. The summed E-state index contributed by atoms with van der Waals surface area (Å²) in [6.07, 6.45) is 5.61. The fourth-order valence-electron chi connectivity index (χ4n) is 9.50. The first kappa shape index (κ1) is 37.0. The maximum absolute atomic E-state index is 15.4. The van der Waals surface area contributed by atoms with Gasteiger partial charge < -0.3 is 15.4 Å². The fourth-order valence-corrected chi connectivity index (χ4v) is 9.50. The molecule has 15 nitrogen and oxygen atoms in total. The predicted octanol–water partition coefficient (Wildman–Crippen LogP) is 4.40. The van der Waals surface area contributed by atoms with Gasteiger partial charge in [0, 0.05) is 63.3 Å². The molecule has 4 aliphatic heterocycles. The minimum absolute atomic E-state index is 0.0229. The Kier molecular flexibility index (Phi) is 9.32. The molecular formula is C43H43FN10O5. The van der Waals surface area contributed by atoms with Crippen molar-refractivity contribution < 1.29 is 28.3 Å². The number of piperidine rings is 1. The summed E-state index contributed by atoms with van der Waals surface area (Å²) in [4.78, 5) is 67.3. The minimum Gasteiger partial charge on any atom is -0.457 e. The van der Waals surface area contributed by atoms with Gasteiger partial charge in [-0.05, 0) is 80.6 Å². The lowest BCUT2D eigenvalue weighted by Gasteiger charge is -2.50. The number of carbonyl (C=O) groups is 4. The number of hydrogen-bond donors (Lipinski definition) is 2. The summed E-state index contributed by atoms with van der Waals surface area (Å²) in [5.41, 5.74) is 9.17. The fraction of sp³-hybridized carbons (Fsp3) is 0.372. The van der Waals surface area contributed by atoms with Crippen molar-refractivity contribution in [2.75, 3.05) is 49.9 Å². The number of nitrogen functional groups attached to an aromatic ring is 1. The van der Waals surface area contributed by atoms with Crippen molar-refractivity contribution >= 4 is 46.2 Å². The molecule has 1 aliphatic carbocycles. The van der Waals surface area contributed by atoms with E-state index in [-0.39, 0.29) is 41.7 Å². The number of fused-ring (bicyclic) bond motifs is 2. The highest BCUT2D eigenvalue weighted by Crippen LogP contribution is 2.39. The molecule has 3 N–H and O–H groups in total. The van der Waals surface area contributed by atoms with Crippen LogP contribution in [0.2, 0.25) is 0 Å². The Morgan fingerprint density at radius 2 is 1.39 bits per heavy atom. The molecule has 6 heterocycles. The van der Waals surface area contributed by atoms with Gasteiger partial charge in [-0.15, -0.1) is 0 Å². The Bertz CT molecular complexity index is 2470. The van der Waals surface area contributed by atoms with Crippen molar-refractivity contribution in [1.82, 2.24) is 39.8 Å². The second kappa shape index (κ2) is 14.8. The number of nitrogens with zero attached hydrogens (tertiary/aromatic N) is 8. The monoisotopic (exact) mass is 798 g/mol. The number of nitrogens with one attached hydrogen (secondary N) is 1. The molecule has 0 bridgehead atoms. The second-order valence-corrected chi connectivity index (χ2v) is 16.1. The first-order valence-electron chi connectivity index (χ1n) is 20.3. The van der Waals surface area contributed by atoms with Gasteiger partial charge in [-0.3, -0.25) is 39.2 Å². The third kappa shape index (κ3) is 6.65. The number of imide groups is 2. The lowest BCUT2D eigenvalue weighted by atomic mass is 9.89. The Morgan fingerprint density at radius 3 is 2.08 bits per heavy atom. The third-order valence-corrected chi connectivity index (χ3v) is 12.7. The van der Waals surface area contributed by atoms with Crippen LogP contribution in [0.25, 0.3) is 22.3 Å². The molecule has 4 amide bonds. The number of halogens is 1. The molecule has 0 radical (unpaired) electrons. The van der Waals surface area contributed by atoms with Crippen molar-refractivity contribution in [3.63, 3.8) is 0 Å². The summed E-state index contributed by atoms with van der Waals surface area (Å²) in [5, 5.41) is 8.06. The van der Waals surface area contributed by atoms with E-state index in [1.54, 1.807) is 0 Å². The molecule has 5 aliphatic rings. The highest BCUT2D eigenvalue weighted by Gasteiger charge is 2.46. The van der Waals surface area contributed by atoms with E-state index in [4.69, 9.17) is 15.6 Å². The molecule has 3 aromatic carbocycles. The van der Waals surface area contributed by atoms with Crippen LogP contribution in [-0.4, -0.2) is 115 Å². The van der Waals surface area contributed by atoms with E-state index >= 15 is 4.39 Å². The van der Waals surface area contributed by atoms with E-state index < -0.39 is 35.5 Å². The maximum Gasteiger partial charge on any atom is 0.262 e. The van der Waals surface area contributed by atoms with Crippen LogP contribution < -0.4 is 20.7 Å². The number of para-hydroxylation sites is 1. The topological polar surface area (TPSA) is 172 Å². The zero-order valence-corrected chi connectivity index (χ0v) is 32.3. The Balaban J connectivity index is 0.740. The summed E-state index contributed by atoms with van der Waals surface area (Å²) in [6.45, 7) is 4.95. The van der Waals surface area contributed by atoms with E-state index in [1.807, 2.05) is 59.5 Å². The van der Waals surface area contributed by atoms with Crippen LogP contribution in [0.4, 0.5) is 15.9 Å². The Hall–Kier alpha value is -6.26. The lowest BCUT2D eigenvalue weighted by molar-refractivity contribution is -0.136. The number of nitrogens with two attached hydrogens (primary N) is 1. The number of piperazine rings is 1. The molecule has 5 aromatic rings. The third-order valence-electron chi connectivity index (χ3n) is 12.7. The first-order valence-corrected chi connectivity index (χ1v) is 20.3.